The average Bonchev–Trinajstić information content (AvgIpc) is 3.45. The summed E-state index contributed by atoms with van der Waals surface area (Å²) in [5.74, 6) is -2.28. The van der Waals surface area contributed by atoms with E-state index in [1.54, 1.807) is 0 Å². The Morgan fingerprint density at radius 2 is 1.74 bits per heavy atom. The number of hydrogen-bond acceptors (Lipinski definition) is 5. The van der Waals surface area contributed by atoms with Crippen molar-refractivity contribution in [3.63, 3.8) is 0 Å². The highest BCUT2D eigenvalue weighted by molar-refractivity contribution is 6.31. The molecule has 0 bridgehead atoms. The zero-order valence-electron chi connectivity index (χ0n) is 25.5. The number of halogens is 3. The molecule has 3 aliphatic heterocycles. The van der Waals surface area contributed by atoms with Crippen LogP contribution in [0.25, 0.3) is 0 Å². The number of carbonyl (C=O) groups excluding carboxylic acids is 2. The molecule has 228 valence electrons. The van der Waals surface area contributed by atoms with Crippen LogP contribution >= 0.6 is 11.6 Å². The summed E-state index contributed by atoms with van der Waals surface area (Å²) in [6.45, 7) is 15.3. The van der Waals surface area contributed by atoms with E-state index in [1.807, 2.05) is 31.7 Å². The summed E-state index contributed by atoms with van der Waals surface area (Å²) in [4.78, 5) is 35.1. The van der Waals surface area contributed by atoms with E-state index >= 15 is 0 Å². The van der Waals surface area contributed by atoms with Crippen molar-refractivity contribution in [3.8, 4) is 0 Å². The molecule has 2 fully saturated rings. The van der Waals surface area contributed by atoms with Gasteiger partial charge < -0.3 is 15.0 Å². The van der Waals surface area contributed by atoms with Crippen LogP contribution in [-0.2, 0) is 19.9 Å². The lowest BCUT2D eigenvalue weighted by atomic mass is 9.83. The van der Waals surface area contributed by atoms with Gasteiger partial charge in [-0.15, -0.1) is 0 Å². The summed E-state index contributed by atoms with van der Waals surface area (Å²) in [7, 11) is 0. The normalized spacial score (nSPS) is 24.2. The number of likely N-dealkylation sites (tertiary alicyclic amines) is 2. The van der Waals surface area contributed by atoms with Crippen molar-refractivity contribution in [2.75, 3.05) is 26.2 Å². The summed E-state index contributed by atoms with van der Waals surface area (Å²) in [6, 6.07) is 5.53. The van der Waals surface area contributed by atoms with E-state index < -0.39 is 34.8 Å². The maximum atomic E-state index is 15.0. The van der Waals surface area contributed by atoms with Crippen LogP contribution in [0.3, 0.4) is 0 Å². The number of aryl methyl sites for hydroxylation is 1. The number of amides is 2. The minimum Gasteiger partial charge on any atom is -0.358 e. The Morgan fingerprint density at radius 1 is 1.07 bits per heavy atom. The van der Waals surface area contributed by atoms with E-state index in [-0.39, 0.29) is 23.3 Å². The minimum atomic E-state index is -0.725. The van der Waals surface area contributed by atoms with Crippen molar-refractivity contribution < 1.29 is 23.1 Å². The Morgan fingerprint density at radius 3 is 2.33 bits per heavy atom. The lowest BCUT2D eigenvalue weighted by molar-refractivity contribution is -0.154. The molecule has 4 heterocycles. The molecule has 2 saturated heterocycles. The third-order valence-corrected chi connectivity index (χ3v) is 9.61. The van der Waals surface area contributed by atoms with Gasteiger partial charge in [-0.1, -0.05) is 17.7 Å². The molecule has 2 unspecified atom stereocenters. The second-order valence-electron chi connectivity index (χ2n) is 13.7. The topological polar surface area (TPSA) is 74.8 Å². The Hall–Kier alpha value is -2.62. The lowest BCUT2D eigenvalue weighted by Gasteiger charge is -2.42. The van der Waals surface area contributed by atoms with Crippen LogP contribution in [0.4, 0.5) is 8.78 Å². The standard InChI is InChI=1S/C32H41ClF2N4O3/c1-18-25(33)15-22-27(36-18)32(42-28(22)31(6,7)37-19(2)40)10-12-38(13-11-32)29(41)24-17-39(30(3,4)5)16-23(24)21-9-8-20(34)14-26(21)35/h8-9,14-15,23-24,28H,10-13,16-17H2,1-7H3,(H,37,40)/t23-,24?,28?/m0/s1. The van der Waals surface area contributed by atoms with Gasteiger partial charge in [-0.05, 0) is 72.1 Å². The largest absolute Gasteiger partial charge is 0.358 e. The first-order valence-corrected chi connectivity index (χ1v) is 15.0. The van der Waals surface area contributed by atoms with Crippen molar-refractivity contribution in [3.05, 3.63) is 63.4 Å². The molecule has 2 aromatic rings. The van der Waals surface area contributed by atoms with Crippen molar-refractivity contribution in [2.45, 2.75) is 90.0 Å². The molecular weight excluding hydrogens is 562 g/mol. The number of piperidine rings is 1. The van der Waals surface area contributed by atoms with Gasteiger partial charge in [-0.25, -0.2) is 8.78 Å². The molecule has 0 saturated carbocycles. The van der Waals surface area contributed by atoms with Crippen molar-refractivity contribution in [1.29, 1.82) is 0 Å². The number of fused-ring (bicyclic) bond motifs is 2. The maximum Gasteiger partial charge on any atom is 0.227 e. The molecule has 1 spiro atoms. The van der Waals surface area contributed by atoms with Crippen LogP contribution in [-0.4, -0.2) is 63.9 Å². The first-order chi connectivity index (χ1) is 19.5. The average molecular weight is 603 g/mol. The van der Waals surface area contributed by atoms with Gasteiger partial charge >= 0.3 is 0 Å². The fourth-order valence-electron chi connectivity index (χ4n) is 6.96. The van der Waals surface area contributed by atoms with Crippen LogP contribution in [0.5, 0.6) is 0 Å². The van der Waals surface area contributed by atoms with E-state index in [2.05, 4.69) is 31.0 Å². The number of aromatic nitrogens is 1. The molecule has 3 aliphatic rings. The third kappa shape index (κ3) is 5.55. The van der Waals surface area contributed by atoms with Crippen LogP contribution < -0.4 is 5.32 Å². The van der Waals surface area contributed by atoms with E-state index in [9.17, 15) is 18.4 Å². The second kappa shape index (κ2) is 10.8. The SMILES string of the molecule is CC(=O)NC(C)(C)C1OC2(CCN(C(=O)C3CN(C(C)(C)C)C[C@H]3c3ccc(F)cc3F)CC2)c2nc(C)c(Cl)cc21. The summed E-state index contributed by atoms with van der Waals surface area (Å²) in [6.07, 6.45) is 0.584. The zero-order chi connectivity index (χ0) is 30.8. The van der Waals surface area contributed by atoms with Gasteiger partial charge in [0.15, 0.2) is 0 Å². The highest BCUT2D eigenvalue weighted by atomic mass is 35.5. The zero-order valence-corrected chi connectivity index (χ0v) is 26.2. The number of nitrogens with zero attached hydrogens (tertiary/aromatic N) is 3. The number of nitrogens with one attached hydrogen (secondary N) is 1. The third-order valence-electron chi connectivity index (χ3n) is 9.22. The molecule has 42 heavy (non-hydrogen) atoms. The number of pyridine rings is 1. The number of rotatable bonds is 4. The summed E-state index contributed by atoms with van der Waals surface area (Å²) >= 11 is 6.50. The van der Waals surface area contributed by atoms with Gasteiger partial charge in [-0.3, -0.25) is 19.5 Å². The first kappa shape index (κ1) is 30.8. The molecule has 10 heteroatoms. The highest BCUT2D eigenvalue weighted by Gasteiger charge is 2.54. The molecule has 1 aromatic heterocycles. The Labute approximate surface area is 251 Å². The molecular formula is C32H41ClF2N4O3. The molecule has 1 aromatic carbocycles. The molecule has 0 aliphatic carbocycles. The molecule has 5 rings (SSSR count). The van der Waals surface area contributed by atoms with Gasteiger partial charge in [0.1, 0.15) is 23.3 Å². The summed E-state index contributed by atoms with van der Waals surface area (Å²) in [5, 5.41) is 3.55. The maximum absolute atomic E-state index is 15.0. The predicted molar refractivity (Wildman–Crippen MR) is 157 cm³/mol. The fourth-order valence-corrected chi connectivity index (χ4v) is 7.12. The van der Waals surface area contributed by atoms with Gasteiger partial charge in [0.05, 0.1) is 27.9 Å². The lowest BCUT2D eigenvalue weighted by Crippen LogP contribution is -2.50. The van der Waals surface area contributed by atoms with Crippen molar-refractivity contribution in [1.82, 2.24) is 20.1 Å². The first-order valence-electron chi connectivity index (χ1n) is 14.7. The Balaban J connectivity index is 1.40. The molecule has 1 N–H and O–H groups in total. The van der Waals surface area contributed by atoms with Gasteiger partial charge in [0, 0.05) is 56.2 Å². The molecule has 2 amide bonds. The smallest absolute Gasteiger partial charge is 0.227 e. The quantitative estimate of drug-likeness (QED) is 0.490. The van der Waals surface area contributed by atoms with Gasteiger partial charge in [0.2, 0.25) is 11.8 Å². The van der Waals surface area contributed by atoms with Crippen LogP contribution in [0.2, 0.25) is 5.02 Å². The summed E-state index contributed by atoms with van der Waals surface area (Å²) in [5.41, 5.74) is 1.09. The minimum absolute atomic E-state index is 0.0288. The predicted octanol–water partition coefficient (Wildman–Crippen LogP) is 5.64. The Kier molecular flexibility index (Phi) is 7.95. The number of carbonyl (C=O) groups is 2. The van der Waals surface area contributed by atoms with Crippen LogP contribution in [0.1, 0.15) is 88.9 Å². The highest BCUT2D eigenvalue weighted by Crippen LogP contribution is 2.53. The van der Waals surface area contributed by atoms with Crippen LogP contribution in [0, 0.1) is 24.5 Å². The number of benzene rings is 1. The Bertz CT molecular complexity index is 1400. The fraction of sp³-hybridized carbons (Fsp3) is 0.594. The van der Waals surface area contributed by atoms with Crippen molar-refractivity contribution in [2.24, 2.45) is 5.92 Å². The molecule has 0 radical (unpaired) electrons. The van der Waals surface area contributed by atoms with E-state index in [0.29, 0.717) is 55.3 Å². The summed E-state index contributed by atoms with van der Waals surface area (Å²) < 4.78 is 35.5. The van der Waals surface area contributed by atoms with Crippen molar-refractivity contribution >= 4 is 23.4 Å². The van der Waals surface area contributed by atoms with E-state index in [1.165, 1.54) is 19.1 Å². The second-order valence-corrected chi connectivity index (χ2v) is 14.1. The van der Waals surface area contributed by atoms with E-state index in [4.69, 9.17) is 21.3 Å². The number of hydrogen-bond donors (Lipinski definition) is 1. The van der Waals surface area contributed by atoms with Gasteiger partial charge in [-0.2, -0.15) is 0 Å². The monoisotopic (exact) mass is 602 g/mol. The van der Waals surface area contributed by atoms with E-state index in [0.717, 1.165) is 17.3 Å². The molecule has 7 nitrogen and oxygen atoms in total. The van der Waals surface area contributed by atoms with Crippen LogP contribution in [0.15, 0.2) is 24.3 Å². The molecule has 3 atom stereocenters. The number of ether oxygens (including phenoxy) is 1. The van der Waals surface area contributed by atoms with Gasteiger partial charge in [0.25, 0.3) is 0 Å².